The molecule has 9 heavy (non-hydrogen) atoms. The van der Waals surface area contributed by atoms with Crippen LogP contribution in [-0.4, -0.2) is 9.78 Å². The summed E-state index contributed by atoms with van der Waals surface area (Å²) in [6.45, 7) is 0. The Hall–Kier alpha value is -0.790. The summed E-state index contributed by atoms with van der Waals surface area (Å²) in [7, 11) is 3.66. The average Bonchev–Trinajstić information content (AvgIpc) is 2.58. The van der Waals surface area contributed by atoms with Crippen molar-refractivity contribution in [2.75, 3.05) is 0 Å². The summed E-state index contributed by atoms with van der Waals surface area (Å²) in [5, 5.41) is 3.98. The van der Waals surface area contributed by atoms with E-state index < -0.39 is 0 Å². The molecule has 1 radical (unpaired) electrons. The van der Waals surface area contributed by atoms with Crippen LogP contribution in [0, 0.1) is 7.05 Å². The van der Waals surface area contributed by atoms with Gasteiger partial charge in [0.2, 0.25) is 0 Å². The van der Waals surface area contributed by atoms with Gasteiger partial charge < -0.3 is 0 Å². The van der Waals surface area contributed by atoms with Gasteiger partial charge in [-0.25, -0.2) is 0 Å². The van der Waals surface area contributed by atoms with Crippen LogP contribution in [0.4, 0.5) is 0 Å². The van der Waals surface area contributed by atoms with Crippen LogP contribution in [0.3, 0.4) is 0 Å². The molecular formula is C7H9N2. The first-order chi connectivity index (χ1) is 4.36. The van der Waals surface area contributed by atoms with E-state index in [0.29, 0.717) is 0 Å². The maximum absolute atomic E-state index is 3.98. The van der Waals surface area contributed by atoms with Gasteiger partial charge >= 0.3 is 0 Å². The lowest BCUT2D eigenvalue weighted by atomic mass is 10.2. The Labute approximate surface area is 54.5 Å². The van der Waals surface area contributed by atoms with Crippen molar-refractivity contribution in [3.05, 3.63) is 25.0 Å². The van der Waals surface area contributed by atoms with E-state index in [2.05, 4.69) is 12.1 Å². The molecule has 1 aliphatic rings. The highest BCUT2D eigenvalue weighted by molar-refractivity contribution is 5.16. The standard InChI is InChI=1S/C7H9N2/c1-9-5-7(4-8-9)6-2-3-6/h4-6H,1-3H2. The number of rotatable bonds is 1. The molecule has 0 amide bonds. The van der Waals surface area contributed by atoms with Crippen molar-refractivity contribution in [1.29, 1.82) is 0 Å². The van der Waals surface area contributed by atoms with Crippen molar-refractivity contribution in [2.45, 2.75) is 18.8 Å². The van der Waals surface area contributed by atoms with Gasteiger partial charge in [0.05, 0.1) is 13.2 Å². The summed E-state index contributed by atoms with van der Waals surface area (Å²) in [5.41, 5.74) is 1.35. The first-order valence-corrected chi connectivity index (χ1v) is 3.22. The van der Waals surface area contributed by atoms with Crippen molar-refractivity contribution in [2.24, 2.45) is 0 Å². The SMILES string of the molecule is [CH2]n1cc(C2CC2)cn1. The molecule has 47 valence electrons. The highest BCUT2D eigenvalue weighted by Crippen LogP contribution is 2.39. The molecule has 0 atom stereocenters. The highest BCUT2D eigenvalue weighted by atomic mass is 15.2. The summed E-state index contributed by atoms with van der Waals surface area (Å²) in [4.78, 5) is 0. The Balaban J connectivity index is 2.28. The largest absolute Gasteiger partial charge is 0.271 e. The van der Waals surface area contributed by atoms with Crippen LogP contribution in [0.25, 0.3) is 0 Å². The molecule has 0 N–H and O–H groups in total. The minimum atomic E-state index is 0.806. The molecule has 0 aliphatic heterocycles. The number of hydrogen-bond donors (Lipinski definition) is 0. The van der Waals surface area contributed by atoms with Crippen molar-refractivity contribution in [3.63, 3.8) is 0 Å². The molecule has 2 heteroatoms. The summed E-state index contributed by atoms with van der Waals surface area (Å²) >= 11 is 0. The second-order valence-corrected chi connectivity index (χ2v) is 2.59. The molecule has 0 spiro atoms. The van der Waals surface area contributed by atoms with Gasteiger partial charge in [-0.3, -0.25) is 4.68 Å². The van der Waals surface area contributed by atoms with Crippen molar-refractivity contribution < 1.29 is 0 Å². The third-order valence-electron chi connectivity index (χ3n) is 1.70. The smallest absolute Gasteiger partial charge is 0.0605 e. The van der Waals surface area contributed by atoms with E-state index >= 15 is 0 Å². The average molecular weight is 121 g/mol. The molecule has 0 saturated heterocycles. The summed E-state index contributed by atoms with van der Waals surface area (Å²) in [6.07, 6.45) is 6.58. The zero-order valence-corrected chi connectivity index (χ0v) is 5.25. The van der Waals surface area contributed by atoms with Crippen LogP contribution in [0.1, 0.15) is 24.3 Å². The topological polar surface area (TPSA) is 17.8 Å². The van der Waals surface area contributed by atoms with E-state index in [-0.39, 0.29) is 0 Å². The monoisotopic (exact) mass is 121 g/mol. The molecule has 1 aromatic rings. The molecule has 0 aromatic carbocycles. The van der Waals surface area contributed by atoms with Crippen LogP contribution in [-0.2, 0) is 0 Å². The van der Waals surface area contributed by atoms with Gasteiger partial charge in [-0.15, -0.1) is 0 Å². The predicted octanol–water partition coefficient (Wildman–Crippen LogP) is 1.40. The minimum Gasteiger partial charge on any atom is -0.271 e. The molecule has 1 heterocycles. The minimum absolute atomic E-state index is 0.806. The maximum Gasteiger partial charge on any atom is 0.0605 e. The third-order valence-corrected chi connectivity index (χ3v) is 1.70. The van der Waals surface area contributed by atoms with Crippen molar-refractivity contribution >= 4 is 0 Å². The third kappa shape index (κ3) is 0.846. The number of hydrogen-bond acceptors (Lipinski definition) is 1. The second kappa shape index (κ2) is 1.59. The van der Waals surface area contributed by atoms with E-state index in [1.807, 2.05) is 12.4 Å². The van der Waals surface area contributed by atoms with Crippen LogP contribution in [0.5, 0.6) is 0 Å². The maximum atomic E-state index is 3.98. The molecule has 1 aliphatic carbocycles. The first-order valence-electron chi connectivity index (χ1n) is 3.22. The van der Waals surface area contributed by atoms with E-state index in [1.165, 1.54) is 18.4 Å². The Morgan fingerprint density at radius 2 is 2.44 bits per heavy atom. The molecule has 0 bridgehead atoms. The van der Waals surface area contributed by atoms with Gasteiger partial charge in [-0.1, -0.05) is 0 Å². The second-order valence-electron chi connectivity index (χ2n) is 2.59. The predicted molar refractivity (Wildman–Crippen MR) is 35.0 cm³/mol. The normalized spacial score (nSPS) is 18.3. The van der Waals surface area contributed by atoms with Gasteiger partial charge in [0, 0.05) is 6.20 Å². The van der Waals surface area contributed by atoms with E-state index in [1.54, 1.807) is 4.68 Å². The van der Waals surface area contributed by atoms with Crippen LogP contribution >= 0.6 is 0 Å². The summed E-state index contributed by atoms with van der Waals surface area (Å²) in [5.74, 6) is 0.806. The first kappa shape index (κ1) is 5.03. The lowest BCUT2D eigenvalue weighted by molar-refractivity contribution is 0.876. The van der Waals surface area contributed by atoms with Crippen LogP contribution < -0.4 is 0 Å². The van der Waals surface area contributed by atoms with Gasteiger partial charge in [0.25, 0.3) is 0 Å². The van der Waals surface area contributed by atoms with Gasteiger partial charge in [0.15, 0.2) is 0 Å². The molecule has 1 aromatic heterocycles. The van der Waals surface area contributed by atoms with Gasteiger partial charge in [-0.2, -0.15) is 5.10 Å². The fourth-order valence-corrected chi connectivity index (χ4v) is 1.01. The van der Waals surface area contributed by atoms with Crippen molar-refractivity contribution in [1.82, 2.24) is 9.78 Å². The number of aromatic nitrogens is 2. The lowest BCUT2D eigenvalue weighted by Crippen LogP contribution is -1.80. The Bertz CT molecular complexity index is 210. The Morgan fingerprint density at radius 3 is 2.89 bits per heavy atom. The summed E-state index contributed by atoms with van der Waals surface area (Å²) in [6, 6.07) is 0. The zero-order chi connectivity index (χ0) is 6.27. The van der Waals surface area contributed by atoms with Crippen molar-refractivity contribution in [3.8, 4) is 0 Å². The van der Waals surface area contributed by atoms with Crippen LogP contribution in [0.15, 0.2) is 12.4 Å². The molecule has 1 fully saturated rings. The Kier molecular flexibility index (Phi) is 0.891. The van der Waals surface area contributed by atoms with Gasteiger partial charge in [-0.05, 0) is 24.3 Å². The molecular weight excluding hydrogens is 112 g/mol. The molecule has 1 saturated carbocycles. The quantitative estimate of drug-likeness (QED) is 0.549. The van der Waals surface area contributed by atoms with E-state index in [0.717, 1.165) is 5.92 Å². The fourth-order valence-electron chi connectivity index (χ4n) is 1.01. The zero-order valence-electron chi connectivity index (χ0n) is 5.25. The number of nitrogens with zero attached hydrogens (tertiary/aromatic N) is 2. The molecule has 2 rings (SSSR count). The molecule has 2 nitrogen and oxygen atoms in total. The molecule has 0 unspecified atom stereocenters. The summed E-state index contributed by atoms with van der Waals surface area (Å²) < 4.78 is 1.62. The fraction of sp³-hybridized carbons (Fsp3) is 0.429. The van der Waals surface area contributed by atoms with E-state index in [4.69, 9.17) is 0 Å². The highest BCUT2D eigenvalue weighted by Gasteiger charge is 2.24. The Morgan fingerprint density at radius 1 is 1.67 bits per heavy atom. The van der Waals surface area contributed by atoms with Crippen LogP contribution in [0.2, 0.25) is 0 Å². The lowest BCUT2D eigenvalue weighted by Gasteiger charge is -1.83. The van der Waals surface area contributed by atoms with E-state index in [9.17, 15) is 0 Å². The van der Waals surface area contributed by atoms with Gasteiger partial charge in [0.1, 0.15) is 0 Å².